The van der Waals surface area contributed by atoms with Gasteiger partial charge in [-0.2, -0.15) is 0 Å². The van der Waals surface area contributed by atoms with Crippen LogP contribution in [0.2, 0.25) is 0 Å². The van der Waals surface area contributed by atoms with Gasteiger partial charge in [0.15, 0.2) is 5.84 Å². The summed E-state index contributed by atoms with van der Waals surface area (Å²) in [5, 5.41) is 4.04. The molecule has 4 heteroatoms. The van der Waals surface area contributed by atoms with Gasteiger partial charge in [-0.3, -0.25) is 0 Å². The summed E-state index contributed by atoms with van der Waals surface area (Å²) in [6.45, 7) is 11.0. The molecule has 0 aliphatic heterocycles. The molecule has 4 nitrogen and oxygen atoms in total. The van der Waals surface area contributed by atoms with Crippen LogP contribution in [0, 0.1) is 13.8 Å². The minimum Gasteiger partial charge on any atom is -0.456 e. The van der Waals surface area contributed by atoms with Crippen molar-refractivity contribution in [1.82, 2.24) is 0 Å². The van der Waals surface area contributed by atoms with E-state index in [1.807, 2.05) is 30.3 Å². The second kappa shape index (κ2) is 16.0. The zero-order valence-electron chi connectivity index (χ0n) is 40.1. The molecule has 1 spiro atoms. The molecule has 10 aromatic carbocycles. The van der Waals surface area contributed by atoms with E-state index in [1.165, 1.54) is 55.6 Å². The molecular weight excluding hydrogens is 877 g/mol. The van der Waals surface area contributed by atoms with E-state index in [1.54, 1.807) is 0 Å². The van der Waals surface area contributed by atoms with Gasteiger partial charge in [0.2, 0.25) is 0 Å². The number of hydrogen-bond acceptors (Lipinski definition) is 3. The van der Waals surface area contributed by atoms with E-state index in [0.717, 1.165) is 88.5 Å². The van der Waals surface area contributed by atoms with Gasteiger partial charge in [0.1, 0.15) is 22.3 Å². The lowest BCUT2D eigenvalue weighted by molar-refractivity contribution is 0.668. The summed E-state index contributed by atoms with van der Waals surface area (Å²) in [7, 11) is 0. The lowest BCUT2D eigenvalue weighted by Crippen LogP contribution is -2.25. The Morgan fingerprint density at radius 1 is 0.403 bits per heavy atom. The van der Waals surface area contributed by atoms with Crippen molar-refractivity contribution in [2.75, 3.05) is 0 Å². The molecule has 0 N–H and O–H groups in total. The summed E-state index contributed by atoms with van der Waals surface area (Å²) in [4.78, 5) is 11.0. The van der Waals surface area contributed by atoms with Gasteiger partial charge in [-0.15, -0.1) is 0 Å². The molecule has 0 amide bonds. The molecule has 340 valence electrons. The fourth-order valence-corrected chi connectivity index (χ4v) is 12.3. The number of aliphatic imine (C=N–C) groups is 2. The number of para-hydroxylation sites is 1. The van der Waals surface area contributed by atoms with E-state index < -0.39 is 5.41 Å². The Labute approximate surface area is 417 Å². The number of aryl methyl sites for hydroxylation is 2. The van der Waals surface area contributed by atoms with Gasteiger partial charge in [0, 0.05) is 43.9 Å². The first-order valence-electron chi connectivity index (χ1n) is 24.7. The summed E-state index contributed by atoms with van der Waals surface area (Å²) in [5.41, 5.74) is 24.3. The Kier molecular flexibility index (Phi) is 9.27. The molecule has 72 heavy (non-hydrogen) atoms. The van der Waals surface area contributed by atoms with Crippen molar-refractivity contribution in [1.29, 1.82) is 0 Å². The van der Waals surface area contributed by atoms with Crippen molar-refractivity contribution in [2.24, 2.45) is 9.98 Å². The minimum absolute atomic E-state index is 0.429. The van der Waals surface area contributed by atoms with Crippen LogP contribution in [-0.4, -0.2) is 11.5 Å². The van der Waals surface area contributed by atoms with E-state index in [-0.39, 0.29) is 0 Å². The van der Waals surface area contributed by atoms with Crippen molar-refractivity contribution in [3.8, 4) is 44.5 Å². The maximum absolute atomic E-state index is 6.72. The maximum atomic E-state index is 6.72. The van der Waals surface area contributed by atoms with E-state index in [9.17, 15) is 0 Å². The monoisotopic (exact) mass is 922 g/mol. The number of hydrogen-bond donors (Lipinski definition) is 0. The first-order valence-corrected chi connectivity index (χ1v) is 24.7. The molecule has 0 bridgehead atoms. The van der Waals surface area contributed by atoms with Crippen molar-refractivity contribution < 1.29 is 8.83 Å². The number of benzene rings is 10. The summed E-state index contributed by atoms with van der Waals surface area (Å²) in [6, 6.07) is 75.9. The highest BCUT2D eigenvalue weighted by molar-refractivity contribution is 6.23. The minimum atomic E-state index is -0.429. The summed E-state index contributed by atoms with van der Waals surface area (Å²) in [6.07, 6.45) is 0. The molecule has 12 aromatic rings. The molecule has 0 unspecified atom stereocenters. The van der Waals surface area contributed by atoms with Crippen LogP contribution in [0.1, 0.15) is 57.0 Å². The Hall–Kier alpha value is -9.12. The van der Waals surface area contributed by atoms with Gasteiger partial charge >= 0.3 is 0 Å². The molecule has 0 saturated heterocycles. The zero-order valence-corrected chi connectivity index (χ0v) is 40.1. The molecule has 2 aliphatic carbocycles. The van der Waals surface area contributed by atoms with Crippen LogP contribution < -0.4 is 0 Å². The van der Waals surface area contributed by atoms with E-state index in [0.29, 0.717) is 11.5 Å². The van der Waals surface area contributed by atoms with Gasteiger partial charge in [-0.25, -0.2) is 9.98 Å². The van der Waals surface area contributed by atoms with Gasteiger partial charge in [0.05, 0.1) is 11.1 Å². The highest BCUT2D eigenvalue weighted by atomic mass is 16.3. The summed E-state index contributed by atoms with van der Waals surface area (Å²) in [5.74, 6) is 0.567. The van der Waals surface area contributed by atoms with Crippen LogP contribution in [0.25, 0.3) is 94.1 Å². The lowest BCUT2D eigenvalue weighted by Gasteiger charge is -2.30. The summed E-state index contributed by atoms with van der Waals surface area (Å²) >= 11 is 0. The number of furan rings is 2. The van der Waals surface area contributed by atoms with Crippen LogP contribution in [0.4, 0.5) is 0 Å². The van der Waals surface area contributed by atoms with E-state index in [2.05, 4.69) is 209 Å². The van der Waals surface area contributed by atoms with Crippen molar-refractivity contribution in [3.63, 3.8) is 0 Å². The molecule has 2 heterocycles. The summed E-state index contributed by atoms with van der Waals surface area (Å²) < 4.78 is 13.0. The smallest absolute Gasteiger partial charge is 0.160 e. The fourth-order valence-electron chi connectivity index (χ4n) is 12.3. The van der Waals surface area contributed by atoms with Crippen LogP contribution in [0.5, 0.6) is 0 Å². The molecule has 2 aromatic heterocycles. The van der Waals surface area contributed by atoms with Gasteiger partial charge < -0.3 is 8.83 Å². The fraction of sp³-hybridized carbons (Fsp3) is 0.0588. The second-order valence-electron chi connectivity index (χ2n) is 19.3. The molecule has 14 rings (SSSR count). The molecule has 0 saturated carbocycles. The number of nitrogens with zero attached hydrogens (tertiary/aromatic N) is 2. The average molecular weight is 923 g/mol. The maximum Gasteiger partial charge on any atom is 0.160 e. The van der Waals surface area contributed by atoms with Crippen LogP contribution in [0.15, 0.2) is 238 Å². The lowest BCUT2D eigenvalue weighted by atomic mass is 9.70. The topological polar surface area (TPSA) is 51.0 Å². The van der Waals surface area contributed by atoms with E-state index in [4.69, 9.17) is 18.8 Å². The Morgan fingerprint density at radius 3 is 1.65 bits per heavy atom. The highest BCUT2D eigenvalue weighted by Crippen LogP contribution is 2.64. The number of fused-ring (bicyclic) bond motifs is 16. The number of amidine groups is 1. The van der Waals surface area contributed by atoms with Gasteiger partial charge in [-0.05, 0) is 129 Å². The van der Waals surface area contributed by atoms with Crippen molar-refractivity contribution in [2.45, 2.75) is 26.2 Å². The van der Waals surface area contributed by atoms with Gasteiger partial charge in [0.25, 0.3) is 0 Å². The molecule has 0 atom stereocenters. The van der Waals surface area contributed by atoms with Crippen molar-refractivity contribution in [3.05, 3.63) is 269 Å². The van der Waals surface area contributed by atoms with Crippen LogP contribution >= 0.6 is 0 Å². The average Bonchev–Trinajstić information content (AvgIpc) is 4.17. The quantitative estimate of drug-likeness (QED) is 0.123. The predicted molar refractivity (Wildman–Crippen MR) is 298 cm³/mol. The molecular formula is C68H46N2O2. The third-order valence-electron chi connectivity index (χ3n) is 15.4. The van der Waals surface area contributed by atoms with Gasteiger partial charge in [-0.1, -0.05) is 189 Å². The standard InChI is InChI=1S/C68H46N2O2/c1-40-19-5-6-21-45(40)63-41(2)20-15-29-53(63)67(69-42(3)46-26-17-35-61-65(46)52-25-10-14-34-59(52)71-61)70-43(4)47-27-18-36-62-66(47)54-39-44(37-38-60(54)72-62)48-28-16-33-58-64(48)51-24-9-13-32-57(51)68(58)55-30-11-7-22-49(55)50-23-8-12-31-56(50)68/h5-39H,3H2,1-2,4H3. The zero-order chi connectivity index (χ0) is 48.2. The Bertz CT molecular complexity index is 4300. The first-order chi connectivity index (χ1) is 35.4. The molecule has 2 aliphatic rings. The first kappa shape index (κ1) is 41.8. The second-order valence-corrected chi connectivity index (χ2v) is 19.3. The highest BCUT2D eigenvalue weighted by Gasteiger charge is 2.52. The SMILES string of the molecule is C=C(N=C(N=C(C)c1cccc2oc3ccc(-c4cccc5c4-c4ccccc4C54c5ccccc5-c5ccccc54)cc3c12)c1cccc(C)c1-c1ccccc1C)c1cccc2oc3ccccc3c12. The molecule has 0 radical (unpaired) electrons. The Morgan fingerprint density at radius 2 is 0.917 bits per heavy atom. The Balaban J connectivity index is 0.958. The predicted octanol–water partition coefficient (Wildman–Crippen LogP) is 17.7. The van der Waals surface area contributed by atoms with E-state index >= 15 is 0 Å². The number of rotatable bonds is 6. The van der Waals surface area contributed by atoms with Crippen molar-refractivity contribution >= 4 is 61.1 Å². The third-order valence-corrected chi connectivity index (χ3v) is 15.4. The van der Waals surface area contributed by atoms with Crippen LogP contribution in [-0.2, 0) is 5.41 Å². The third kappa shape index (κ3) is 5.99. The van der Waals surface area contributed by atoms with Crippen LogP contribution in [0.3, 0.4) is 0 Å². The normalized spacial score (nSPS) is 13.5. The largest absolute Gasteiger partial charge is 0.456 e. The molecule has 0 fully saturated rings.